The summed E-state index contributed by atoms with van der Waals surface area (Å²) in [7, 11) is 2.79. The van der Waals surface area contributed by atoms with E-state index in [9.17, 15) is 28.0 Å². The number of hydrogen-bond acceptors (Lipinski definition) is 13. The van der Waals surface area contributed by atoms with Gasteiger partial charge in [0.1, 0.15) is 11.6 Å². The number of carbonyl (C=O) groups excluding carboxylic acids is 4. The molecule has 2 fully saturated rings. The molecule has 0 radical (unpaired) electrons. The number of aryl methyl sites for hydroxylation is 4. The van der Waals surface area contributed by atoms with Gasteiger partial charge in [-0.15, -0.1) is 0 Å². The highest BCUT2D eigenvalue weighted by molar-refractivity contribution is 9.93. The van der Waals surface area contributed by atoms with Crippen LogP contribution in [-0.2, 0) is 49.5 Å². The molecule has 3 N–H and O–H groups in total. The summed E-state index contributed by atoms with van der Waals surface area (Å²) in [5, 5.41) is 14.1. The number of urea groups is 2. The van der Waals surface area contributed by atoms with E-state index >= 15 is 0 Å². The molecule has 4 aliphatic heterocycles. The van der Waals surface area contributed by atoms with Crippen molar-refractivity contribution >= 4 is 85.8 Å². The lowest BCUT2D eigenvalue weighted by Gasteiger charge is -2.28. The predicted octanol–water partition coefficient (Wildman–Crippen LogP) is 10.4. The van der Waals surface area contributed by atoms with E-state index in [0.29, 0.717) is 50.4 Å². The SMILES string of the molecule is BrBr.CC(=O)O.CCOC(=O)C[C@@H](c1ccc(OC)c(F)c1)N1CCN(CCCc2ccc3c(n2)NCCC3)C1=O.CCOC(=O)C[C@@H](c1ccc(OC)c(F)c1)N1CCN(CCCc2nc3c(cc2Br)CCCN3)C1=O. The molecule has 2 saturated heterocycles. The van der Waals surface area contributed by atoms with E-state index in [4.69, 9.17) is 38.8 Å². The van der Waals surface area contributed by atoms with Crippen LogP contribution >= 0.6 is 44.2 Å². The van der Waals surface area contributed by atoms with E-state index < -0.39 is 41.6 Å². The largest absolute Gasteiger partial charge is 0.494 e. The van der Waals surface area contributed by atoms with Crippen molar-refractivity contribution < 1.29 is 56.8 Å². The average Bonchev–Trinajstić information content (AvgIpc) is 3.98. The minimum Gasteiger partial charge on any atom is -0.494 e. The van der Waals surface area contributed by atoms with Crippen molar-refractivity contribution in [1.82, 2.24) is 29.6 Å². The predicted molar refractivity (Wildman–Crippen MR) is 299 cm³/mol. The summed E-state index contributed by atoms with van der Waals surface area (Å²) in [5.74, 6) is -0.598. The molecule has 2 aromatic heterocycles. The molecule has 2 aromatic carbocycles. The highest BCUT2D eigenvalue weighted by atomic mass is 80.9. The molecule has 0 spiro atoms. The molecule has 23 heteroatoms. The maximum atomic E-state index is 14.5. The van der Waals surface area contributed by atoms with E-state index in [0.717, 1.165) is 98.9 Å². The number of carboxylic acid groups (broad SMARTS) is 1. The number of benzene rings is 2. The van der Waals surface area contributed by atoms with Gasteiger partial charge < -0.3 is 54.3 Å². The van der Waals surface area contributed by atoms with Gasteiger partial charge in [0.05, 0.1) is 58.1 Å². The van der Waals surface area contributed by atoms with Crippen molar-refractivity contribution in [3.63, 3.8) is 0 Å². The second-order valence-corrected chi connectivity index (χ2v) is 19.1. The number of methoxy groups -OCH3 is 2. The van der Waals surface area contributed by atoms with Crippen LogP contribution in [0.4, 0.5) is 30.0 Å². The first-order valence-electron chi connectivity index (χ1n) is 25.7. The molecule has 0 bridgehead atoms. The van der Waals surface area contributed by atoms with Crippen LogP contribution in [-0.4, -0.2) is 144 Å². The lowest BCUT2D eigenvalue weighted by atomic mass is 10.0. The first-order chi connectivity index (χ1) is 37.1. The highest BCUT2D eigenvalue weighted by Gasteiger charge is 2.37. The minimum atomic E-state index is -0.833. The fourth-order valence-electron chi connectivity index (χ4n) is 9.51. The molecular weight excluding hydrogens is 1200 g/mol. The van der Waals surface area contributed by atoms with Crippen LogP contribution in [0.15, 0.2) is 59.1 Å². The zero-order chi connectivity index (χ0) is 56.0. The summed E-state index contributed by atoms with van der Waals surface area (Å²) in [6.45, 7) is 10.1. The van der Waals surface area contributed by atoms with Crippen LogP contribution in [0.1, 0.15) is 105 Å². The quantitative estimate of drug-likeness (QED) is 0.0705. The summed E-state index contributed by atoms with van der Waals surface area (Å²) in [6.07, 6.45) is 7.27. The van der Waals surface area contributed by atoms with Gasteiger partial charge >= 0.3 is 24.0 Å². The summed E-state index contributed by atoms with van der Waals surface area (Å²) in [5.41, 5.74) is 5.54. The Kier molecular flexibility index (Phi) is 25.4. The number of anilines is 2. The Labute approximate surface area is 472 Å². The third kappa shape index (κ3) is 17.9. The van der Waals surface area contributed by atoms with Crippen LogP contribution < -0.4 is 20.1 Å². The van der Waals surface area contributed by atoms with Gasteiger partial charge in [-0.3, -0.25) is 14.4 Å². The monoisotopic (exact) mass is 1260 g/mol. The van der Waals surface area contributed by atoms with Crippen molar-refractivity contribution in [1.29, 1.82) is 0 Å². The molecule has 18 nitrogen and oxygen atoms in total. The van der Waals surface area contributed by atoms with Gasteiger partial charge in [-0.25, -0.2) is 28.3 Å². The molecule has 77 heavy (non-hydrogen) atoms. The molecule has 4 aliphatic rings. The summed E-state index contributed by atoms with van der Waals surface area (Å²) in [4.78, 5) is 76.6. The molecule has 2 atom stereocenters. The number of carboxylic acids is 1. The molecule has 0 unspecified atom stereocenters. The normalized spacial score (nSPS) is 15.1. The fourth-order valence-corrected chi connectivity index (χ4v) is 10.1. The van der Waals surface area contributed by atoms with Crippen LogP contribution in [0.2, 0.25) is 0 Å². The lowest BCUT2D eigenvalue weighted by molar-refractivity contribution is -0.145. The zero-order valence-corrected chi connectivity index (χ0v) is 48.9. The number of halogens is 5. The molecule has 4 aromatic rings. The zero-order valence-electron chi connectivity index (χ0n) is 44.2. The number of carbonyl (C=O) groups is 5. The Morgan fingerprint density at radius 2 is 1.16 bits per heavy atom. The number of fused-ring (bicyclic) bond motifs is 2. The molecule has 0 saturated carbocycles. The Balaban J connectivity index is 0.000000258. The van der Waals surface area contributed by atoms with Crippen molar-refractivity contribution in [3.8, 4) is 11.5 Å². The maximum Gasteiger partial charge on any atom is 0.320 e. The van der Waals surface area contributed by atoms with E-state index in [1.807, 2.05) is 0 Å². The van der Waals surface area contributed by atoms with Gasteiger partial charge in [0.2, 0.25) is 0 Å². The fraction of sp³-hybridized carbons (Fsp3) is 0.500. The Hall–Kier alpha value is -5.81. The molecular formula is C54H69Br3F2N8O10. The number of aliphatic carboxylic acids is 1. The number of aromatic nitrogens is 2. The summed E-state index contributed by atoms with van der Waals surface area (Å²) < 4.78 is 50.2. The maximum absolute atomic E-state index is 14.5. The number of pyridine rings is 2. The summed E-state index contributed by atoms with van der Waals surface area (Å²) >= 11 is 9.14. The molecule has 4 amide bonds. The van der Waals surface area contributed by atoms with Crippen molar-refractivity contribution in [2.45, 2.75) is 97.1 Å². The van der Waals surface area contributed by atoms with Gasteiger partial charge in [-0.05, 0) is 140 Å². The number of nitrogens with one attached hydrogen (secondary N) is 2. The number of rotatable bonds is 20. The van der Waals surface area contributed by atoms with Gasteiger partial charge in [0, 0.05) is 97.7 Å². The number of esters is 2. The number of nitrogens with zero attached hydrogens (tertiary/aromatic N) is 6. The molecule has 420 valence electrons. The second-order valence-electron chi connectivity index (χ2n) is 18.3. The first-order valence-corrected chi connectivity index (χ1v) is 30.2. The molecule has 6 heterocycles. The van der Waals surface area contributed by atoms with Gasteiger partial charge in [0.25, 0.3) is 5.97 Å². The summed E-state index contributed by atoms with van der Waals surface area (Å²) in [6, 6.07) is 13.9. The lowest BCUT2D eigenvalue weighted by Crippen LogP contribution is -2.36. The van der Waals surface area contributed by atoms with Crippen molar-refractivity contribution in [2.24, 2.45) is 0 Å². The van der Waals surface area contributed by atoms with Crippen LogP contribution in [0.5, 0.6) is 11.5 Å². The number of hydrogen-bond donors (Lipinski definition) is 3. The minimum absolute atomic E-state index is 0.0365. The van der Waals surface area contributed by atoms with Gasteiger partial charge in [0.15, 0.2) is 23.1 Å². The van der Waals surface area contributed by atoms with Crippen molar-refractivity contribution in [3.05, 3.63) is 104 Å². The molecule has 0 aliphatic carbocycles. The van der Waals surface area contributed by atoms with E-state index in [1.54, 1.807) is 45.6 Å². The third-order valence-corrected chi connectivity index (χ3v) is 13.8. The highest BCUT2D eigenvalue weighted by Crippen LogP contribution is 2.34. The number of amides is 4. The van der Waals surface area contributed by atoms with E-state index in [1.165, 1.54) is 49.6 Å². The van der Waals surface area contributed by atoms with Gasteiger partial charge in [-0.1, -0.05) is 18.2 Å². The molecule has 8 rings (SSSR count). The average molecular weight is 1270 g/mol. The smallest absolute Gasteiger partial charge is 0.320 e. The number of ether oxygens (including phenoxy) is 4. The van der Waals surface area contributed by atoms with Crippen LogP contribution in [0.3, 0.4) is 0 Å². The van der Waals surface area contributed by atoms with Crippen LogP contribution in [0, 0.1) is 11.6 Å². The second kappa shape index (κ2) is 31.6. The third-order valence-electron chi connectivity index (χ3n) is 13.2. The Morgan fingerprint density at radius 3 is 1.62 bits per heavy atom. The Bertz CT molecular complexity index is 2640. The van der Waals surface area contributed by atoms with Crippen LogP contribution in [0.25, 0.3) is 0 Å². The standard InChI is InChI=1S/C26H32BrFN4O4.C26H33FN4O4.C2H4O2.Br2/c1-3-36-24(33)16-22(17-8-9-23(35-2)20(28)15-17)32-13-12-31(26(32)34)11-5-7-21-19(27)14-18-6-4-10-29-25(18)30-21;1-3-35-24(32)17-22(19-9-11-23(34-2)21(27)16-19)31-15-14-30(26(31)33)13-5-7-20-10-8-18-6-4-12-28-25(18)29-20;1-2(3)4;1-2/h8-9,14-15,22H,3-7,10-13,16H2,1-2H3,(H,29,30);8-11,16,22H,3-7,12-15,17H2,1-2H3,(H,28,29);1H3,(H,3,4);/t2*22-;;/m00../s1. The van der Waals surface area contributed by atoms with Crippen molar-refractivity contribution in [2.75, 3.05) is 90.4 Å². The topological polar surface area (TPSA) is 205 Å². The van der Waals surface area contributed by atoms with E-state index in [-0.39, 0.29) is 49.6 Å². The first kappa shape index (κ1) is 62.0. The van der Waals surface area contributed by atoms with E-state index in [2.05, 4.69) is 73.0 Å². The Morgan fingerprint density at radius 1 is 0.688 bits per heavy atom. The van der Waals surface area contributed by atoms with Gasteiger partial charge in [-0.2, -0.15) is 0 Å².